The van der Waals surface area contributed by atoms with E-state index in [9.17, 15) is 14.4 Å². The maximum Gasteiger partial charge on any atom is 0.239 e. The Hall–Kier alpha value is -2.50. The highest BCUT2D eigenvalue weighted by Crippen LogP contribution is 2.48. The number of amides is 2. The number of carbonyl (C=O) groups excluding carboxylic acids is 3. The summed E-state index contributed by atoms with van der Waals surface area (Å²) in [6.45, 7) is 4.65. The molecule has 0 N–H and O–H groups in total. The Labute approximate surface area is 180 Å². The number of fused-ring (bicyclic) bond motifs is 3. The summed E-state index contributed by atoms with van der Waals surface area (Å²) in [6.07, 6.45) is 1.77. The highest BCUT2D eigenvalue weighted by Gasteiger charge is 2.64. The molecule has 5 nitrogen and oxygen atoms in total. The minimum absolute atomic E-state index is 0.0522. The molecule has 2 amide bonds. The van der Waals surface area contributed by atoms with Gasteiger partial charge < -0.3 is 0 Å². The van der Waals surface area contributed by atoms with Gasteiger partial charge in [-0.1, -0.05) is 17.7 Å². The number of ketones is 1. The van der Waals surface area contributed by atoms with Gasteiger partial charge in [-0.25, -0.2) is 4.90 Å². The van der Waals surface area contributed by atoms with Gasteiger partial charge in [0.1, 0.15) is 0 Å². The van der Waals surface area contributed by atoms with Crippen LogP contribution >= 0.6 is 11.6 Å². The molecule has 5 rings (SSSR count). The second-order valence-corrected chi connectivity index (χ2v) is 9.11. The van der Waals surface area contributed by atoms with E-state index in [4.69, 9.17) is 11.6 Å². The minimum Gasteiger partial charge on any atom is -0.292 e. The summed E-state index contributed by atoms with van der Waals surface area (Å²) in [7, 11) is 0. The molecular formula is C24H23ClN2O3. The van der Waals surface area contributed by atoms with Gasteiger partial charge in [0.15, 0.2) is 5.78 Å². The molecule has 3 aliphatic heterocycles. The van der Waals surface area contributed by atoms with Crippen molar-refractivity contribution in [3.05, 3.63) is 64.2 Å². The van der Waals surface area contributed by atoms with Gasteiger partial charge in [0, 0.05) is 16.6 Å². The predicted molar refractivity (Wildman–Crippen MR) is 115 cm³/mol. The Morgan fingerprint density at radius 1 is 0.967 bits per heavy atom. The summed E-state index contributed by atoms with van der Waals surface area (Å²) >= 11 is 5.98. The van der Waals surface area contributed by atoms with E-state index < -0.39 is 17.9 Å². The number of imide groups is 1. The van der Waals surface area contributed by atoms with E-state index in [2.05, 4.69) is 4.90 Å². The fourth-order valence-corrected chi connectivity index (χ4v) is 5.76. The second-order valence-electron chi connectivity index (χ2n) is 8.67. The van der Waals surface area contributed by atoms with Crippen LogP contribution in [0.2, 0.25) is 5.02 Å². The number of halogens is 1. The van der Waals surface area contributed by atoms with Gasteiger partial charge in [0.2, 0.25) is 11.8 Å². The molecule has 0 saturated carbocycles. The highest BCUT2D eigenvalue weighted by atomic mass is 35.5. The summed E-state index contributed by atoms with van der Waals surface area (Å²) in [5.41, 5.74) is 3.14. The lowest BCUT2D eigenvalue weighted by atomic mass is 9.85. The third-order valence-corrected chi connectivity index (χ3v) is 6.97. The van der Waals surface area contributed by atoms with Crippen LogP contribution in [-0.2, 0) is 9.59 Å². The van der Waals surface area contributed by atoms with Crippen LogP contribution in [0.3, 0.4) is 0 Å². The molecule has 0 spiro atoms. The molecule has 2 aromatic carbocycles. The number of nitrogens with zero attached hydrogens (tertiary/aromatic N) is 2. The van der Waals surface area contributed by atoms with Crippen molar-refractivity contribution in [1.82, 2.24) is 4.90 Å². The zero-order valence-corrected chi connectivity index (χ0v) is 17.7. The number of rotatable bonds is 3. The predicted octanol–water partition coefficient (Wildman–Crippen LogP) is 3.79. The van der Waals surface area contributed by atoms with Gasteiger partial charge in [0.25, 0.3) is 0 Å². The number of carbonyl (C=O) groups is 3. The van der Waals surface area contributed by atoms with Crippen molar-refractivity contribution >= 4 is 34.9 Å². The summed E-state index contributed by atoms with van der Waals surface area (Å²) in [5.74, 6) is -1.61. The van der Waals surface area contributed by atoms with E-state index >= 15 is 0 Å². The van der Waals surface area contributed by atoms with E-state index in [0.29, 0.717) is 16.3 Å². The van der Waals surface area contributed by atoms with Crippen LogP contribution < -0.4 is 4.90 Å². The average Bonchev–Trinajstić information content (AvgIpc) is 3.33. The molecule has 6 heteroatoms. The molecular weight excluding hydrogens is 400 g/mol. The minimum atomic E-state index is -0.633. The summed E-state index contributed by atoms with van der Waals surface area (Å²) in [4.78, 5) is 43.9. The van der Waals surface area contributed by atoms with Crippen molar-refractivity contribution in [2.75, 3.05) is 11.4 Å². The summed E-state index contributed by atoms with van der Waals surface area (Å²) in [6, 6.07) is 11.9. The first-order valence-corrected chi connectivity index (χ1v) is 10.8. The molecule has 0 aromatic heterocycles. The number of benzene rings is 2. The summed E-state index contributed by atoms with van der Waals surface area (Å²) < 4.78 is 0. The summed E-state index contributed by atoms with van der Waals surface area (Å²) in [5, 5.41) is 0.558. The topological polar surface area (TPSA) is 57.7 Å². The van der Waals surface area contributed by atoms with Gasteiger partial charge in [-0.15, -0.1) is 0 Å². The third kappa shape index (κ3) is 2.83. The molecule has 4 atom stereocenters. The van der Waals surface area contributed by atoms with Gasteiger partial charge in [-0.2, -0.15) is 0 Å². The Bertz CT molecular complexity index is 1040. The Morgan fingerprint density at radius 3 is 2.27 bits per heavy atom. The fraction of sp³-hybridized carbons (Fsp3) is 0.375. The van der Waals surface area contributed by atoms with E-state index in [0.717, 1.165) is 30.5 Å². The van der Waals surface area contributed by atoms with Crippen LogP contribution in [-0.4, -0.2) is 41.1 Å². The normalized spacial score (nSPS) is 28.2. The first kappa shape index (κ1) is 19.5. The van der Waals surface area contributed by atoms with Crippen LogP contribution in [0.15, 0.2) is 42.5 Å². The number of aryl methyl sites for hydroxylation is 2. The second kappa shape index (κ2) is 7.03. The third-order valence-electron chi connectivity index (χ3n) is 6.71. The molecule has 0 aliphatic carbocycles. The molecule has 3 fully saturated rings. The molecule has 0 radical (unpaired) electrons. The molecule has 0 unspecified atom stereocenters. The molecule has 30 heavy (non-hydrogen) atoms. The van der Waals surface area contributed by atoms with Crippen LogP contribution in [0, 0.1) is 25.7 Å². The monoisotopic (exact) mass is 422 g/mol. The maximum absolute atomic E-state index is 13.6. The molecule has 3 saturated heterocycles. The lowest BCUT2D eigenvalue weighted by Crippen LogP contribution is -2.46. The average molecular weight is 423 g/mol. The first-order chi connectivity index (χ1) is 14.4. The quantitative estimate of drug-likeness (QED) is 0.557. The molecule has 0 bridgehead atoms. The van der Waals surface area contributed by atoms with E-state index in [-0.39, 0.29) is 23.6 Å². The van der Waals surface area contributed by atoms with Crippen LogP contribution in [0.5, 0.6) is 0 Å². The maximum atomic E-state index is 13.6. The lowest BCUT2D eigenvalue weighted by molar-refractivity contribution is -0.123. The van der Waals surface area contributed by atoms with E-state index in [1.807, 2.05) is 32.0 Å². The van der Waals surface area contributed by atoms with Crippen LogP contribution in [0.4, 0.5) is 5.69 Å². The first-order valence-electron chi connectivity index (χ1n) is 10.4. The standard InChI is InChI=1S/C24H23ClN2O3/c1-13-10-14(2)12-17(11-13)27-23(29)19-18-4-3-9-26(18)21(20(19)24(27)30)22(28)15-5-7-16(25)8-6-15/h5-8,10-12,18-21H,3-4,9H2,1-2H3/t18-,19-,20+,21+/m1/s1. The Balaban J connectivity index is 1.56. The number of hydrogen-bond donors (Lipinski definition) is 0. The Morgan fingerprint density at radius 2 is 1.60 bits per heavy atom. The number of Topliss-reactive ketones (excluding diaryl/α,β-unsaturated/α-hetero) is 1. The van der Waals surface area contributed by atoms with Gasteiger partial charge in [-0.3, -0.25) is 19.3 Å². The smallest absolute Gasteiger partial charge is 0.239 e. The largest absolute Gasteiger partial charge is 0.292 e. The van der Waals surface area contributed by atoms with E-state index in [1.54, 1.807) is 24.3 Å². The molecule has 3 aliphatic rings. The van der Waals surface area contributed by atoms with Crippen molar-refractivity contribution in [1.29, 1.82) is 0 Å². The fourth-order valence-electron chi connectivity index (χ4n) is 5.63. The number of hydrogen-bond acceptors (Lipinski definition) is 4. The Kier molecular flexibility index (Phi) is 4.56. The van der Waals surface area contributed by atoms with Gasteiger partial charge >= 0.3 is 0 Å². The van der Waals surface area contributed by atoms with Crippen molar-refractivity contribution < 1.29 is 14.4 Å². The van der Waals surface area contributed by atoms with Gasteiger partial charge in [0.05, 0.1) is 23.6 Å². The molecule has 154 valence electrons. The van der Waals surface area contributed by atoms with Crippen LogP contribution in [0.1, 0.15) is 34.3 Å². The van der Waals surface area contributed by atoms with Crippen molar-refractivity contribution in [2.45, 2.75) is 38.8 Å². The highest BCUT2D eigenvalue weighted by molar-refractivity contribution is 6.30. The zero-order valence-electron chi connectivity index (χ0n) is 17.0. The van der Waals surface area contributed by atoms with Gasteiger partial charge in [-0.05, 0) is 80.8 Å². The number of anilines is 1. The van der Waals surface area contributed by atoms with Crippen molar-refractivity contribution in [2.24, 2.45) is 11.8 Å². The van der Waals surface area contributed by atoms with E-state index in [1.165, 1.54) is 4.90 Å². The SMILES string of the molecule is Cc1cc(C)cc(N2C(=O)[C@H]3[C@H](C2=O)[C@@H](C(=O)c2ccc(Cl)cc2)N2CCC[C@H]32)c1. The lowest BCUT2D eigenvalue weighted by Gasteiger charge is -2.27. The van der Waals surface area contributed by atoms with Crippen molar-refractivity contribution in [3.8, 4) is 0 Å². The molecule has 3 heterocycles. The van der Waals surface area contributed by atoms with Crippen LogP contribution in [0.25, 0.3) is 0 Å². The zero-order chi connectivity index (χ0) is 21.2. The van der Waals surface area contributed by atoms with Crippen molar-refractivity contribution in [3.63, 3.8) is 0 Å². The molecule has 2 aromatic rings.